The highest BCUT2D eigenvalue weighted by Gasteiger charge is 2.27. The summed E-state index contributed by atoms with van der Waals surface area (Å²) < 4.78 is 10.6. The lowest BCUT2D eigenvalue weighted by atomic mass is 10.3. The summed E-state index contributed by atoms with van der Waals surface area (Å²) in [5.74, 6) is 0.713. The molecule has 1 aliphatic rings. The second kappa shape index (κ2) is 7.04. The van der Waals surface area contributed by atoms with Crippen molar-refractivity contribution in [3.63, 3.8) is 0 Å². The molecule has 0 saturated carbocycles. The van der Waals surface area contributed by atoms with Crippen LogP contribution in [0.3, 0.4) is 0 Å². The van der Waals surface area contributed by atoms with Gasteiger partial charge in [-0.05, 0) is 26.0 Å². The molecule has 0 unspecified atom stereocenters. The number of hydrogen-bond acceptors (Lipinski definition) is 6. The Morgan fingerprint density at radius 2 is 1.96 bits per heavy atom. The van der Waals surface area contributed by atoms with Crippen molar-refractivity contribution in [3.8, 4) is 11.5 Å². The average molecular weight is 349 g/mol. The van der Waals surface area contributed by atoms with Gasteiger partial charge in [-0.15, -0.1) is 11.3 Å². The molecule has 0 bridgehead atoms. The molecule has 0 aliphatic carbocycles. The Labute approximate surface area is 143 Å². The van der Waals surface area contributed by atoms with Crippen LogP contribution >= 0.6 is 11.3 Å². The van der Waals surface area contributed by atoms with Gasteiger partial charge in [0.2, 0.25) is 0 Å². The van der Waals surface area contributed by atoms with Crippen molar-refractivity contribution in [1.82, 2.24) is 14.8 Å². The van der Waals surface area contributed by atoms with Crippen LogP contribution in [-0.2, 0) is 4.74 Å². The van der Waals surface area contributed by atoms with E-state index < -0.39 is 0 Å². The van der Waals surface area contributed by atoms with Crippen molar-refractivity contribution < 1.29 is 18.7 Å². The Hall–Kier alpha value is -2.35. The fourth-order valence-corrected chi connectivity index (χ4v) is 3.13. The molecule has 128 valence electrons. The minimum Gasteiger partial charge on any atom is -0.450 e. The molecule has 0 atom stereocenters. The zero-order valence-corrected chi connectivity index (χ0v) is 14.5. The van der Waals surface area contributed by atoms with E-state index in [4.69, 9.17) is 9.15 Å². The number of nitrogens with zero attached hydrogens (tertiary/aromatic N) is 3. The van der Waals surface area contributed by atoms with E-state index in [9.17, 15) is 9.59 Å². The highest BCUT2D eigenvalue weighted by Crippen LogP contribution is 2.24. The van der Waals surface area contributed by atoms with E-state index >= 15 is 0 Å². The van der Waals surface area contributed by atoms with E-state index in [0.29, 0.717) is 44.3 Å². The van der Waals surface area contributed by atoms with Gasteiger partial charge in [0.1, 0.15) is 5.69 Å². The predicted molar refractivity (Wildman–Crippen MR) is 89.1 cm³/mol. The van der Waals surface area contributed by atoms with Crippen molar-refractivity contribution in [2.45, 2.75) is 13.8 Å². The molecule has 7 nitrogen and oxygen atoms in total. The lowest BCUT2D eigenvalue weighted by molar-refractivity contribution is 0.0547. The van der Waals surface area contributed by atoms with Crippen molar-refractivity contribution >= 4 is 23.3 Å². The predicted octanol–water partition coefficient (Wildman–Crippen LogP) is 2.63. The Morgan fingerprint density at radius 3 is 2.58 bits per heavy atom. The lowest BCUT2D eigenvalue weighted by Crippen LogP contribution is -2.50. The molecule has 2 amide bonds. The second-order valence-electron chi connectivity index (χ2n) is 5.39. The van der Waals surface area contributed by atoms with Gasteiger partial charge in [0.15, 0.2) is 11.5 Å². The molecular formula is C16H19N3O4S. The highest BCUT2D eigenvalue weighted by molar-refractivity contribution is 7.09. The molecule has 8 heteroatoms. The van der Waals surface area contributed by atoms with Gasteiger partial charge in [-0.25, -0.2) is 9.78 Å². The molecule has 24 heavy (non-hydrogen) atoms. The first-order chi connectivity index (χ1) is 11.6. The number of aryl methyl sites for hydroxylation is 1. The van der Waals surface area contributed by atoms with Crippen LogP contribution in [0, 0.1) is 6.92 Å². The molecule has 0 N–H and O–H groups in total. The van der Waals surface area contributed by atoms with Crippen LogP contribution < -0.4 is 0 Å². The number of thiazole rings is 1. The van der Waals surface area contributed by atoms with E-state index in [2.05, 4.69) is 4.98 Å². The number of carbonyl (C=O) groups is 2. The minimum absolute atomic E-state index is 0.170. The minimum atomic E-state index is -0.330. The molecule has 3 rings (SSSR count). The van der Waals surface area contributed by atoms with Gasteiger partial charge in [-0.1, -0.05) is 0 Å². The number of ether oxygens (including phenoxy) is 1. The fourth-order valence-electron chi connectivity index (χ4n) is 2.53. The average Bonchev–Trinajstić information content (AvgIpc) is 3.23. The molecule has 2 aromatic rings. The third kappa shape index (κ3) is 3.43. The van der Waals surface area contributed by atoms with Crippen molar-refractivity contribution in [2.75, 3.05) is 32.8 Å². The topological polar surface area (TPSA) is 75.9 Å². The summed E-state index contributed by atoms with van der Waals surface area (Å²) in [4.78, 5) is 31.9. The van der Waals surface area contributed by atoms with Crippen LogP contribution in [0.4, 0.5) is 4.79 Å². The third-order valence-electron chi connectivity index (χ3n) is 3.78. The molecule has 0 radical (unpaired) electrons. The molecule has 0 spiro atoms. The van der Waals surface area contributed by atoms with E-state index in [-0.39, 0.29) is 12.0 Å². The molecule has 0 aromatic carbocycles. The van der Waals surface area contributed by atoms with E-state index in [1.54, 1.807) is 28.9 Å². The number of furan rings is 1. The maximum absolute atomic E-state index is 12.5. The van der Waals surface area contributed by atoms with Gasteiger partial charge in [-0.2, -0.15) is 0 Å². The molecular weight excluding hydrogens is 330 g/mol. The Balaban J connectivity index is 1.62. The first-order valence-electron chi connectivity index (χ1n) is 7.81. The normalized spacial score (nSPS) is 14.8. The fraction of sp³-hybridized carbons (Fsp3) is 0.438. The van der Waals surface area contributed by atoms with Gasteiger partial charge in [0.05, 0.1) is 11.6 Å². The van der Waals surface area contributed by atoms with Crippen molar-refractivity contribution in [2.24, 2.45) is 0 Å². The maximum Gasteiger partial charge on any atom is 0.409 e. The molecule has 1 fully saturated rings. The Kier molecular flexibility index (Phi) is 4.84. The van der Waals surface area contributed by atoms with Crippen LogP contribution in [0.25, 0.3) is 11.5 Å². The zero-order chi connectivity index (χ0) is 17.1. The summed E-state index contributed by atoms with van der Waals surface area (Å²) in [5, 5.41) is 2.85. The number of hydrogen-bond donors (Lipinski definition) is 0. The first kappa shape index (κ1) is 16.5. The molecule has 3 heterocycles. The van der Waals surface area contributed by atoms with Crippen LogP contribution in [0.5, 0.6) is 0 Å². The lowest BCUT2D eigenvalue weighted by Gasteiger charge is -2.33. The quantitative estimate of drug-likeness (QED) is 0.851. The smallest absolute Gasteiger partial charge is 0.409 e. The zero-order valence-electron chi connectivity index (χ0n) is 13.7. The SMILES string of the molecule is CCOC(=O)N1CCN(C(=O)c2ccc(-c3csc(C)n3)o2)CC1. The summed E-state index contributed by atoms with van der Waals surface area (Å²) in [6, 6.07) is 3.43. The third-order valence-corrected chi connectivity index (χ3v) is 4.55. The van der Waals surface area contributed by atoms with Crippen LogP contribution in [0.15, 0.2) is 21.9 Å². The number of carbonyl (C=O) groups excluding carboxylic acids is 2. The first-order valence-corrected chi connectivity index (χ1v) is 8.69. The van der Waals surface area contributed by atoms with Crippen LogP contribution in [-0.4, -0.2) is 59.6 Å². The molecule has 2 aromatic heterocycles. The van der Waals surface area contributed by atoms with Gasteiger partial charge in [0, 0.05) is 31.6 Å². The van der Waals surface area contributed by atoms with Gasteiger partial charge < -0.3 is 19.0 Å². The number of amides is 2. The number of rotatable bonds is 3. The summed E-state index contributed by atoms with van der Waals surface area (Å²) in [6.45, 7) is 5.89. The molecule has 1 saturated heterocycles. The molecule has 1 aliphatic heterocycles. The van der Waals surface area contributed by atoms with Crippen LogP contribution in [0.2, 0.25) is 0 Å². The van der Waals surface area contributed by atoms with E-state index in [1.165, 1.54) is 11.3 Å². The summed E-state index contributed by atoms with van der Waals surface area (Å²) in [5.41, 5.74) is 0.740. The number of aromatic nitrogens is 1. The monoisotopic (exact) mass is 349 g/mol. The van der Waals surface area contributed by atoms with Gasteiger partial charge in [-0.3, -0.25) is 4.79 Å². The summed E-state index contributed by atoms with van der Waals surface area (Å²) >= 11 is 1.54. The highest BCUT2D eigenvalue weighted by atomic mass is 32.1. The Morgan fingerprint density at radius 1 is 1.25 bits per heavy atom. The van der Waals surface area contributed by atoms with Crippen LogP contribution in [0.1, 0.15) is 22.5 Å². The standard InChI is InChI=1S/C16H19N3O4S/c1-3-22-16(21)19-8-6-18(7-9-19)15(20)14-5-4-13(23-14)12-10-24-11(2)17-12/h4-5,10H,3,6-9H2,1-2H3. The van der Waals surface area contributed by atoms with E-state index in [1.807, 2.05) is 12.3 Å². The van der Waals surface area contributed by atoms with Gasteiger partial charge in [0.25, 0.3) is 5.91 Å². The second-order valence-corrected chi connectivity index (χ2v) is 6.46. The van der Waals surface area contributed by atoms with E-state index in [0.717, 1.165) is 10.7 Å². The Bertz CT molecular complexity index is 731. The van der Waals surface area contributed by atoms with Crippen molar-refractivity contribution in [3.05, 3.63) is 28.3 Å². The summed E-state index contributed by atoms with van der Waals surface area (Å²) in [6.07, 6.45) is -0.330. The number of piperazine rings is 1. The maximum atomic E-state index is 12.5. The summed E-state index contributed by atoms with van der Waals surface area (Å²) in [7, 11) is 0. The van der Waals surface area contributed by atoms with Gasteiger partial charge >= 0.3 is 6.09 Å². The van der Waals surface area contributed by atoms with Crippen molar-refractivity contribution in [1.29, 1.82) is 0 Å². The largest absolute Gasteiger partial charge is 0.450 e.